The quantitative estimate of drug-likeness (QED) is 0.474. The van der Waals surface area contributed by atoms with Crippen molar-refractivity contribution in [3.05, 3.63) is 0 Å². The van der Waals surface area contributed by atoms with Crippen molar-refractivity contribution in [1.82, 2.24) is 15.6 Å². The molecule has 0 spiro atoms. The van der Waals surface area contributed by atoms with Crippen LogP contribution in [-0.4, -0.2) is 43.4 Å². The Kier molecular flexibility index (Phi) is 1.72. The molecule has 59 valence electrons. The predicted molar refractivity (Wildman–Crippen MR) is 42.5 cm³/mol. The number of aliphatic imine (C=N–C) groups is 1. The Labute approximate surface area is 65.2 Å². The number of hydrogen-bond donors (Lipinski definition) is 1. The van der Waals surface area contributed by atoms with Gasteiger partial charge in [-0.05, 0) is 0 Å². The topological polar surface area (TPSA) is 54.1 Å². The third kappa shape index (κ3) is 1.32. The van der Waals surface area contributed by atoms with Crippen LogP contribution in [0.3, 0.4) is 0 Å². The highest BCUT2D eigenvalue weighted by Crippen LogP contribution is 1.98. The Morgan fingerprint density at radius 1 is 1.36 bits per heavy atom. The molecule has 1 fully saturated rings. The van der Waals surface area contributed by atoms with E-state index in [1.165, 1.54) is 6.34 Å². The van der Waals surface area contributed by atoms with Gasteiger partial charge in [0.2, 0.25) is 5.96 Å². The van der Waals surface area contributed by atoms with Crippen LogP contribution in [0.25, 0.3) is 0 Å². The second kappa shape index (κ2) is 2.87. The van der Waals surface area contributed by atoms with Crippen molar-refractivity contribution in [1.29, 1.82) is 0 Å². The molecule has 11 heavy (non-hydrogen) atoms. The zero-order valence-corrected chi connectivity index (χ0v) is 6.19. The summed E-state index contributed by atoms with van der Waals surface area (Å²) in [5, 5.41) is 7.14. The van der Waals surface area contributed by atoms with Crippen LogP contribution in [0.2, 0.25) is 0 Å². The van der Waals surface area contributed by atoms with Crippen molar-refractivity contribution >= 4 is 12.3 Å². The average molecular weight is 152 g/mol. The highest BCUT2D eigenvalue weighted by Gasteiger charge is 2.15. The first kappa shape index (κ1) is 6.60. The van der Waals surface area contributed by atoms with Gasteiger partial charge < -0.3 is 10.2 Å². The molecule has 1 radical (unpaired) electrons. The lowest BCUT2D eigenvalue weighted by atomic mass is 10.4. The van der Waals surface area contributed by atoms with Crippen LogP contribution < -0.4 is 10.7 Å². The van der Waals surface area contributed by atoms with Crippen LogP contribution in [0.4, 0.5) is 0 Å². The molecule has 5 nitrogen and oxygen atoms in total. The lowest BCUT2D eigenvalue weighted by molar-refractivity contribution is 0.354. The molecule has 1 N–H and O–H groups in total. The van der Waals surface area contributed by atoms with Crippen LogP contribution in [-0.2, 0) is 0 Å². The summed E-state index contributed by atoms with van der Waals surface area (Å²) in [6, 6.07) is 0. The second-order valence-electron chi connectivity index (χ2n) is 2.50. The van der Waals surface area contributed by atoms with Gasteiger partial charge in [0.15, 0.2) is 0 Å². The van der Waals surface area contributed by atoms with Gasteiger partial charge in [-0.15, -0.1) is 10.5 Å². The Morgan fingerprint density at radius 3 is 2.82 bits per heavy atom. The lowest BCUT2D eigenvalue weighted by Gasteiger charge is -2.26. The predicted octanol–water partition coefficient (Wildman–Crippen LogP) is -1.19. The molecular weight excluding hydrogens is 142 g/mol. The molecule has 0 aromatic rings. The molecule has 2 aliphatic rings. The van der Waals surface area contributed by atoms with Crippen molar-refractivity contribution in [3.8, 4) is 0 Å². The fourth-order valence-corrected chi connectivity index (χ4v) is 1.19. The molecule has 2 heterocycles. The van der Waals surface area contributed by atoms with Gasteiger partial charge in [-0.1, -0.05) is 0 Å². The van der Waals surface area contributed by atoms with Crippen LogP contribution in [0, 0.1) is 0 Å². The Morgan fingerprint density at radius 2 is 2.18 bits per heavy atom. The molecule has 0 aromatic heterocycles. The molecule has 0 bridgehead atoms. The summed E-state index contributed by atoms with van der Waals surface area (Å²) in [6.07, 6.45) is 1.48. The lowest BCUT2D eigenvalue weighted by Crippen LogP contribution is -2.45. The van der Waals surface area contributed by atoms with Crippen LogP contribution in [0.5, 0.6) is 0 Å². The van der Waals surface area contributed by atoms with E-state index in [2.05, 4.69) is 25.7 Å². The van der Waals surface area contributed by atoms with E-state index in [0.29, 0.717) is 0 Å². The van der Waals surface area contributed by atoms with Crippen LogP contribution in [0.15, 0.2) is 10.1 Å². The fourth-order valence-electron chi connectivity index (χ4n) is 1.19. The van der Waals surface area contributed by atoms with E-state index in [9.17, 15) is 0 Å². The summed E-state index contributed by atoms with van der Waals surface area (Å²) in [6.45, 7) is 3.97. The zero-order chi connectivity index (χ0) is 7.52. The first-order chi connectivity index (χ1) is 5.47. The molecule has 2 rings (SSSR count). The highest BCUT2D eigenvalue weighted by molar-refractivity contribution is 5.90. The van der Waals surface area contributed by atoms with E-state index in [1.807, 2.05) is 0 Å². The zero-order valence-electron chi connectivity index (χ0n) is 6.19. The van der Waals surface area contributed by atoms with Crippen molar-refractivity contribution in [2.75, 3.05) is 26.2 Å². The molecule has 0 amide bonds. The van der Waals surface area contributed by atoms with E-state index >= 15 is 0 Å². The monoisotopic (exact) mass is 152 g/mol. The van der Waals surface area contributed by atoms with Gasteiger partial charge in [-0.2, -0.15) is 4.99 Å². The SMILES string of the molecule is C1=NC(N2CCNCC2)=N[N]1. The van der Waals surface area contributed by atoms with E-state index < -0.39 is 0 Å². The van der Waals surface area contributed by atoms with Gasteiger partial charge >= 0.3 is 0 Å². The molecule has 1 saturated heterocycles. The number of nitrogens with one attached hydrogen (secondary N) is 1. The summed E-state index contributed by atoms with van der Waals surface area (Å²) in [5.74, 6) is 0.756. The van der Waals surface area contributed by atoms with Gasteiger partial charge in [0.1, 0.15) is 6.34 Å². The molecule has 0 atom stereocenters. The molecule has 0 saturated carbocycles. The van der Waals surface area contributed by atoms with Gasteiger partial charge in [0.25, 0.3) is 0 Å². The summed E-state index contributed by atoms with van der Waals surface area (Å²) < 4.78 is 0. The smallest absolute Gasteiger partial charge is 0.246 e. The first-order valence-electron chi connectivity index (χ1n) is 3.73. The second-order valence-corrected chi connectivity index (χ2v) is 2.50. The average Bonchev–Trinajstić information content (AvgIpc) is 2.58. The Balaban J connectivity index is 1.97. The summed E-state index contributed by atoms with van der Waals surface area (Å²) >= 11 is 0. The maximum absolute atomic E-state index is 4.02. The van der Waals surface area contributed by atoms with Gasteiger partial charge in [0.05, 0.1) is 0 Å². The third-order valence-electron chi connectivity index (χ3n) is 1.77. The fraction of sp³-hybridized carbons (Fsp3) is 0.667. The van der Waals surface area contributed by atoms with Crippen LogP contribution >= 0.6 is 0 Å². The van der Waals surface area contributed by atoms with E-state index in [-0.39, 0.29) is 0 Å². The summed E-state index contributed by atoms with van der Waals surface area (Å²) in [7, 11) is 0. The molecule has 5 heteroatoms. The molecule has 2 aliphatic heterocycles. The number of nitrogens with zero attached hydrogens (tertiary/aromatic N) is 4. The van der Waals surface area contributed by atoms with Crippen molar-refractivity contribution in [2.45, 2.75) is 0 Å². The Hall–Kier alpha value is -1.10. The molecule has 0 aliphatic carbocycles. The van der Waals surface area contributed by atoms with Gasteiger partial charge in [-0.3, -0.25) is 0 Å². The van der Waals surface area contributed by atoms with Crippen molar-refractivity contribution in [3.63, 3.8) is 0 Å². The van der Waals surface area contributed by atoms with Crippen LogP contribution in [0.1, 0.15) is 0 Å². The van der Waals surface area contributed by atoms with Gasteiger partial charge in [0, 0.05) is 26.2 Å². The molecular formula is C6H10N5. The minimum absolute atomic E-state index is 0.756. The summed E-state index contributed by atoms with van der Waals surface area (Å²) in [5.41, 5.74) is 3.67. The van der Waals surface area contributed by atoms with Crippen molar-refractivity contribution < 1.29 is 0 Å². The third-order valence-corrected chi connectivity index (χ3v) is 1.77. The van der Waals surface area contributed by atoms with Crippen molar-refractivity contribution in [2.24, 2.45) is 10.1 Å². The highest BCUT2D eigenvalue weighted by atomic mass is 15.5. The number of piperazine rings is 1. The molecule has 0 unspecified atom stereocenters. The minimum atomic E-state index is 0.756. The number of rotatable bonds is 0. The molecule has 0 aromatic carbocycles. The van der Waals surface area contributed by atoms with E-state index in [0.717, 1.165) is 32.1 Å². The first-order valence-corrected chi connectivity index (χ1v) is 3.73. The minimum Gasteiger partial charge on any atom is -0.337 e. The normalized spacial score (nSPS) is 23.3. The number of hydrogen-bond acceptors (Lipinski definition) is 4. The standard InChI is InChI=1S/C6H10N5/c1-3-11(4-2-7-1)6-8-5-9-10-6/h5,7H,1-4H2. The maximum Gasteiger partial charge on any atom is 0.246 e. The Bertz CT molecular complexity index is 191. The summed E-state index contributed by atoms with van der Waals surface area (Å²) in [4.78, 5) is 6.14. The van der Waals surface area contributed by atoms with E-state index in [4.69, 9.17) is 0 Å². The largest absolute Gasteiger partial charge is 0.337 e. The van der Waals surface area contributed by atoms with E-state index in [1.54, 1.807) is 0 Å². The van der Waals surface area contributed by atoms with Gasteiger partial charge in [-0.25, -0.2) is 0 Å². The number of guanidine groups is 1. The maximum atomic E-state index is 4.02.